The highest BCUT2D eigenvalue weighted by Crippen LogP contribution is 2.24. The normalized spacial score (nSPS) is 11.1. The molecule has 23 heavy (non-hydrogen) atoms. The molecular weight excluding hydrogens is 326 g/mol. The molecule has 1 heterocycles. The number of aromatic nitrogens is 3. The summed E-state index contributed by atoms with van der Waals surface area (Å²) in [4.78, 5) is 0. The van der Waals surface area contributed by atoms with E-state index >= 15 is 0 Å². The molecule has 2 rings (SSSR count). The van der Waals surface area contributed by atoms with Gasteiger partial charge in [0, 0.05) is 17.9 Å². The number of nitrogens with zero attached hydrogens (tertiary/aromatic N) is 3. The highest BCUT2D eigenvalue weighted by atomic mass is 32.2. The number of benzene rings is 1. The Labute approximate surface area is 136 Å². The Hall–Kier alpha value is -1.87. The summed E-state index contributed by atoms with van der Waals surface area (Å²) >= 11 is 1.48. The van der Waals surface area contributed by atoms with E-state index in [1.165, 1.54) is 28.6 Å². The van der Waals surface area contributed by atoms with Gasteiger partial charge in [0.05, 0.1) is 0 Å². The van der Waals surface area contributed by atoms with Crippen LogP contribution in [0.4, 0.5) is 8.78 Å². The van der Waals surface area contributed by atoms with Crippen molar-refractivity contribution in [3.05, 3.63) is 24.3 Å². The van der Waals surface area contributed by atoms with Gasteiger partial charge in [-0.15, -0.1) is 10.2 Å². The van der Waals surface area contributed by atoms with Gasteiger partial charge in [-0.2, -0.15) is 8.78 Å². The number of aliphatic hydroxyl groups excluding tert-OH is 1. The van der Waals surface area contributed by atoms with Gasteiger partial charge in [0.15, 0.2) is 5.82 Å². The van der Waals surface area contributed by atoms with Crippen molar-refractivity contribution < 1.29 is 18.6 Å². The molecule has 0 saturated carbocycles. The molecule has 0 fully saturated rings. The van der Waals surface area contributed by atoms with E-state index in [0.29, 0.717) is 16.5 Å². The fourth-order valence-electron chi connectivity index (χ4n) is 1.91. The van der Waals surface area contributed by atoms with Crippen molar-refractivity contribution in [2.75, 3.05) is 18.2 Å². The third kappa shape index (κ3) is 5.07. The second kappa shape index (κ2) is 8.68. The van der Waals surface area contributed by atoms with Crippen molar-refractivity contribution in [2.24, 2.45) is 0 Å². The number of alkyl halides is 2. The molecule has 1 aromatic heterocycles. The summed E-state index contributed by atoms with van der Waals surface area (Å²) in [7, 11) is 0. The average molecular weight is 344 g/mol. The number of ether oxygens (including phenoxy) is 1. The molecule has 0 unspecified atom stereocenters. The van der Waals surface area contributed by atoms with Crippen LogP contribution < -0.4 is 10.6 Å². The average Bonchev–Trinajstić information content (AvgIpc) is 2.88. The highest BCUT2D eigenvalue weighted by molar-refractivity contribution is 7.99. The molecule has 0 aliphatic rings. The number of nitrogen functional groups attached to an aromatic ring is 1. The summed E-state index contributed by atoms with van der Waals surface area (Å²) in [5.41, 5.74) is 0.661. The van der Waals surface area contributed by atoms with Gasteiger partial charge in [-0.3, -0.25) is 0 Å². The largest absolute Gasteiger partial charge is 0.435 e. The maximum atomic E-state index is 12.1. The third-order valence-electron chi connectivity index (χ3n) is 3.04. The minimum atomic E-state index is -2.85. The number of hydrogen-bond acceptors (Lipinski definition) is 6. The smallest absolute Gasteiger partial charge is 0.387 e. The Morgan fingerprint density at radius 2 is 1.91 bits per heavy atom. The number of nitrogens with two attached hydrogens (primary N) is 1. The lowest BCUT2D eigenvalue weighted by Crippen LogP contribution is -2.11. The van der Waals surface area contributed by atoms with E-state index in [4.69, 9.17) is 10.9 Å². The molecule has 3 N–H and O–H groups in total. The van der Waals surface area contributed by atoms with Crippen molar-refractivity contribution in [3.63, 3.8) is 0 Å². The first-order valence-electron chi connectivity index (χ1n) is 7.11. The lowest BCUT2D eigenvalue weighted by molar-refractivity contribution is -0.0498. The van der Waals surface area contributed by atoms with Gasteiger partial charge in [0.1, 0.15) is 5.75 Å². The van der Waals surface area contributed by atoms with Crippen LogP contribution >= 0.6 is 11.8 Å². The summed E-state index contributed by atoms with van der Waals surface area (Å²) in [6, 6.07) is 6.05. The molecule has 9 heteroatoms. The van der Waals surface area contributed by atoms with Crippen LogP contribution in [0.1, 0.15) is 19.3 Å². The number of aliphatic hydroxyl groups is 1. The second-order valence-corrected chi connectivity index (χ2v) is 5.77. The molecule has 0 amide bonds. The SMILES string of the molecule is Nn1c(SCCCCCO)nnc1-c1ccc(OC(F)F)cc1. The fourth-order valence-corrected chi connectivity index (χ4v) is 2.77. The summed E-state index contributed by atoms with van der Waals surface area (Å²) in [5.74, 6) is 7.33. The van der Waals surface area contributed by atoms with Crippen LogP contribution in [-0.4, -0.2) is 39.0 Å². The molecule has 1 aromatic carbocycles. The molecule has 6 nitrogen and oxygen atoms in total. The first-order chi connectivity index (χ1) is 11.1. The molecule has 0 atom stereocenters. The number of thioether (sulfide) groups is 1. The predicted octanol–water partition coefficient (Wildman–Crippen LogP) is 2.52. The number of hydrogen-bond donors (Lipinski definition) is 2. The Balaban J connectivity index is 1.98. The Morgan fingerprint density at radius 1 is 1.17 bits per heavy atom. The van der Waals surface area contributed by atoms with Gasteiger partial charge >= 0.3 is 6.61 Å². The maximum Gasteiger partial charge on any atom is 0.387 e. The zero-order valence-corrected chi connectivity index (χ0v) is 13.2. The van der Waals surface area contributed by atoms with Crippen LogP contribution in [0, 0.1) is 0 Å². The van der Waals surface area contributed by atoms with Crippen LogP contribution in [-0.2, 0) is 0 Å². The minimum absolute atomic E-state index is 0.0744. The van der Waals surface area contributed by atoms with E-state index in [0.717, 1.165) is 25.0 Å². The quantitative estimate of drug-likeness (QED) is 0.413. The van der Waals surface area contributed by atoms with E-state index in [-0.39, 0.29) is 12.4 Å². The van der Waals surface area contributed by atoms with E-state index in [2.05, 4.69) is 14.9 Å². The molecule has 2 aromatic rings. The number of halogens is 2. The van der Waals surface area contributed by atoms with Crippen molar-refractivity contribution in [1.82, 2.24) is 14.9 Å². The van der Waals surface area contributed by atoms with Gasteiger partial charge < -0.3 is 15.7 Å². The lowest BCUT2D eigenvalue weighted by Gasteiger charge is -2.06. The highest BCUT2D eigenvalue weighted by Gasteiger charge is 2.12. The first-order valence-corrected chi connectivity index (χ1v) is 8.09. The monoisotopic (exact) mass is 344 g/mol. The first kappa shape index (κ1) is 17.5. The zero-order valence-electron chi connectivity index (χ0n) is 12.4. The van der Waals surface area contributed by atoms with Crippen LogP contribution in [0.5, 0.6) is 5.75 Å². The standard InChI is InChI=1S/C14H18F2N4O2S/c15-13(16)22-11-6-4-10(5-7-11)12-18-19-14(20(12)17)23-9-3-1-2-8-21/h4-7,13,21H,1-3,8-9,17H2. The number of rotatable bonds is 9. The van der Waals surface area contributed by atoms with Crippen molar-refractivity contribution in [2.45, 2.75) is 31.0 Å². The molecule has 0 aliphatic carbocycles. The van der Waals surface area contributed by atoms with E-state index in [1.54, 1.807) is 12.1 Å². The van der Waals surface area contributed by atoms with Crippen molar-refractivity contribution >= 4 is 11.8 Å². The molecule has 0 aliphatic heterocycles. The van der Waals surface area contributed by atoms with Gasteiger partial charge in [-0.1, -0.05) is 18.2 Å². The molecule has 0 saturated heterocycles. The Kier molecular flexibility index (Phi) is 6.60. The van der Waals surface area contributed by atoms with Crippen molar-refractivity contribution in [1.29, 1.82) is 0 Å². The van der Waals surface area contributed by atoms with Gasteiger partial charge in [-0.25, -0.2) is 4.68 Å². The van der Waals surface area contributed by atoms with Crippen LogP contribution in [0.15, 0.2) is 29.4 Å². The molecule has 0 spiro atoms. The molecule has 0 radical (unpaired) electrons. The zero-order chi connectivity index (χ0) is 16.7. The van der Waals surface area contributed by atoms with Gasteiger partial charge in [0.2, 0.25) is 5.16 Å². The summed E-state index contributed by atoms with van der Waals surface area (Å²) < 4.78 is 29.9. The molecule has 0 bridgehead atoms. The van der Waals surface area contributed by atoms with Gasteiger partial charge in [0.25, 0.3) is 0 Å². The topological polar surface area (TPSA) is 86.2 Å². The molecular formula is C14H18F2N4O2S. The maximum absolute atomic E-state index is 12.1. The second-order valence-electron chi connectivity index (χ2n) is 4.71. The van der Waals surface area contributed by atoms with Crippen LogP contribution in [0.3, 0.4) is 0 Å². The predicted molar refractivity (Wildman–Crippen MR) is 83.9 cm³/mol. The summed E-state index contributed by atoms with van der Waals surface area (Å²) in [6.07, 6.45) is 2.68. The third-order valence-corrected chi connectivity index (χ3v) is 4.07. The van der Waals surface area contributed by atoms with Crippen molar-refractivity contribution in [3.8, 4) is 17.1 Å². The minimum Gasteiger partial charge on any atom is -0.435 e. The Morgan fingerprint density at radius 3 is 2.57 bits per heavy atom. The van der Waals surface area contributed by atoms with E-state index in [1.807, 2.05) is 0 Å². The number of unbranched alkanes of at least 4 members (excludes halogenated alkanes) is 2. The lowest BCUT2D eigenvalue weighted by atomic mass is 10.2. The Bertz CT molecular complexity index is 607. The fraction of sp³-hybridized carbons (Fsp3) is 0.429. The van der Waals surface area contributed by atoms with Crippen LogP contribution in [0.25, 0.3) is 11.4 Å². The van der Waals surface area contributed by atoms with Gasteiger partial charge in [-0.05, 0) is 37.1 Å². The van der Waals surface area contributed by atoms with E-state index < -0.39 is 6.61 Å². The summed E-state index contributed by atoms with van der Waals surface area (Å²) in [5, 5.41) is 17.4. The van der Waals surface area contributed by atoms with Crippen LogP contribution in [0.2, 0.25) is 0 Å². The molecule has 126 valence electrons. The van der Waals surface area contributed by atoms with E-state index in [9.17, 15) is 8.78 Å². The summed E-state index contributed by atoms with van der Waals surface area (Å²) in [6.45, 7) is -2.65.